The summed E-state index contributed by atoms with van der Waals surface area (Å²) in [5.41, 5.74) is 8.64. The van der Waals surface area contributed by atoms with Crippen LogP contribution in [0.4, 0.5) is 5.82 Å². The lowest BCUT2D eigenvalue weighted by Crippen LogP contribution is -2.12. The second-order valence-electron chi connectivity index (χ2n) is 5.23. The van der Waals surface area contributed by atoms with Crippen molar-refractivity contribution in [2.45, 2.75) is 25.0 Å². The maximum atomic E-state index is 9.26. The summed E-state index contributed by atoms with van der Waals surface area (Å²) in [4.78, 5) is 8.45. The van der Waals surface area contributed by atoms with Crippen molar-refractivity contribution in [1.82, 2.24) is 19.6 Å². The molecular weight excluding hydrogens is 302 g/mol. The normalized spacial score (nSPS) is 21.7. The summed E-state index contributed by atoms with van der Waals surface area (Å²) in [6, 6.07) is 2.02. The maximum Gasteiger partial charge on any atom is 0.152 e. The number of nitrogens with two attached hydrogens (primary N) is 1. The minimum Gasteiger partial charge on any atom is -0.394 e. The predicted octanol–water partition coefficient (Wildman–Crippen LogP) is 1.65. The summed E-state index contributed by atoms with van der Waals surface area (Å²) in [6.07, 6.45) is 4.67. The molecule has 3 aromatic rings. The van der Waals surface area contributed by atoms with Crippen molar-refractivity contribution in [2.24, 2.45) is 0 Å². The molecule has 1 saturated heterocycles. The van der Waals surface area contributed by atoms with Crippen molar-refractivity contribution in [1.29, 1.82) is 0 Å². The highest BCUT2D eigenvalue weighted by Gasteiger charge is 2.30. The molecule has 0 aromatic carbocycles. The van der Waals surface area contributed by atoms with Gasteiger partial charge in [0.25, 0.3) is 0 Å². The lowest BCUT2D eigenvalue weighted by molar-refractivity contribution is 0.00856. The van der Waals surface area contributed by atoms with Crippen molar-refractivity contribution < 1.29 is 9.84 Å². The molecule has 7 nitrogen and oxygen atoms in total. The molecular formula is C14H15N5O2S. The lowest BCUT2D eigenvalue weighted by Gasteiger charge is -2.11. The van der Waals surface area contributed by atoms with E-state index >= 15 is 0 Å². The van der Waals surface area contributed by atoms with Crippen LogP contribution in [-0.2, 0) is 4.74 Å². The van der Waals surface area contributed by atoms with E-state index in [4.69, 9.17) is 10.5 Å². The van der Waals surface area contributed by atoms with E-state index in [0.29, 0.717) is 5.82 Å². The largest absolute Gasteiger partial charge is 0.394 e. The van der Waals surface area contributed by atoms with Crippen LogP contribution in [-0.4, -0.2) is 37.4 Å². The van der Waals surface area contributed by atoms with Crippen LogP contribution in [0.1, 0.15) is 24.6 Å². The number of nitrogens with zero attached hydrogens (tertiary/aromatic N) is 4. The van der Waals surface area contributed by atoms with Gasteiger partial charge in [0, 0.05) is 17.1 Å². The first-order chi connectivity index (χ1) is 10.8. The van der Waals surface area contributed by atoms with E-state index < -0.39 is 0 Å². The summed E-state index contributed by atoms with van der Waals surface area (Å²) >= 11 is 1.54. The summed E-state index contributed by atoms with van der Waals surface area (Å²) in [7, 11) is 0. The molecule has 0 spiro atoms. The summed E-state index contributed by atoms with van der Waals surface area (Å²) < 4.78 is 7.67. The van der Waals surface area contributed by atoms with Gasteiger partial charge in [-0.2, -0.15) is 5.10 Å². The third-order valence-corrected chi connectivity index (χ3v) is 4.72. The van der Waals surface area contributed by atoms with Crippen molar-refractivity contribution in [3.8, 4) is 10.6 Å². The van der Waals surface area contributed by atoms with Crippen LogP contribution in [0, 0.1) is 0 Å². The third kappa shape index (κ3) is 2.07. The number of thiazole rings is 1. The van der Waals surface area contributed by atoms with E-state index in [1.165, 1.54) is 6.33 Å². The number of fused-ring (bicyclic) bond motifs is 1. The first kappa shape index (κ1) is 13.6. The van der Waals surface area contributed by atoms with Gasteiger partial charge < -0.3 is 15.6 Å². The van der Waals surface area contributed by atoms with Crippen LogP contribution < -0.4 is 5.73 Å². The van der Waals surface area contributed by atoms with Gasteiger partial charge in [0.05, 0.1) is 18.4 Å². The summed E-state index contributed by atoms with van der Waals surface area (Å²) in [6.45, 7) is 0.0380. The fourth-order valence-electron chi connectivity index (χ4n) is 2.90. The summed E-state index contributed by atoms with van der Waals surface area (Å²) in [5, 5.41) is 16.4. The predicted molar refractivity (Wildman–Crippen MR) is 82.4 cm³/mol. The van der Waals surface area contributed by atoms with Gasteiger partial charge in [-0.05, 0) is 18.9 Å². The fraction of sp³-hybridized carbons (Fsp3) is 0.357. The standard InChI is InChI=1S/C14H15N5O2S/c15-13-12-9(14-16-3-4-22-14)5-10(19(12)18-7-17-13)11-2-1-8(6-20)21-11/h3-5,7-8,11,20H,1-2,6H2,(H2,15,17,18)/t8?,11-/m1/s1. The zero-order valence-corrected chi connectivity index (χ0v) is 12.5. The minimum atomic E-state index is -0.113. The zero-order valence-electron chi connectivity index (χ0n) is 11.7. The van der Waals surface area contributed by atoms with Gasteiger partial charge >= 0.3 is 0 Å². The summed E-state index contributed by atoms with van der Waals surface area (Å²) in [5.74, 6) is 0.420. The second-order valence-corrected chi connectivity index (χ2v) is 6.13. The van der Waals surface area contributed by atoms with Crippen LogP contribution in [0.25, 0.3) is 16.1 Å². The molecule has 22 heavy (non-hydrogen) atoms. The fourth-order valence-corrected chi connectivity index (χ4v) is 3.55. The molecule has 0 saturated carbocycles. The highest BCUT2D eigenvalue weighted by Crippen LogP contribution is 2.38. The first-order valence-electron chi connectivity index (χ1n) is 7.06. The van der Waals surface area contributed by atoms with E-state index in [1.54, 1.807) is 22.0 Å². The Bertz CT molecular complexity index is 801. The molecule has 2 atom stereocenters. The molecule has 0 radical (unpaired) electrons. The number of rotatable bonds is 3. The molecule has 0 amide bonds. The number of aromatic nitrogens is 4. The van der Waals surface area contributed by atoms with Gasteiger partial charge in [-0.15, -0.1) is 11.3 Å². The maximum absolute atomic E-state index is 9.26. The Labute approximate surface area is 130 Å². The lowest BCUT2D eigenvalue weighted by atomic mass is 10.1. The van der Waals surface area contributed by atoms with E-state index in [9.17, 15) is 5.11 Å². The van der Waals surface area contributed by atoms with Crippen LogP contribution in [0.3, 0.4) is 0 Å². The highest BCUT2D eigenvalue weighted by molar-refractivity contribution is 7.13. The van der Waals surface area contributed by atoms with Crippen molar-refractivity contribution in [2.75, 3.05) is 12.3 Å². The third-order valence-electron chi connectivity index (χ3n) is 3.91. The van der Waals surface area contributed by atoms with Crippen LogP contribution >= 0.6 is 11.3 Å². The topological polar surface area (TPSA) is 98.6 Å². The monoisotopic (exact) mass is 317 g/mol. The van der Waals surface area contributed by atoms with Crippen molar-refractivity contribution in [3.63, 3.8) is 0 Å². The molecule has 4 heterocycles. The van der Waals surface area contributed by atoms with Crippen LogP contribution in [0.5, 0.6) is 0 Å². The van der Waals surface area contributed by atoms with Crippen LogP contribution in [0.2, 0.25) is 0 Å². The molecule has 0 bridgehead atoms. The van der Waals surface area contributed by atoms with Gasteiger partial charge in [0.2, 0.25) is 0 Å². The van der Waals surface area contributed by atoms with Crippen molar-refractivity contribution in [3.05, 3.63) is 29.7 Å². The van der Waals surface area contributed by atoms with Crippen molar-refractivity contribution >= 4 is 22.7 Å². The van der Waals surface area contributed by atoms with Gasteiger partial charge in [-0.1, -0.05) is 0 Å². The van der Waals surface area contributed by atoms with E-state index in [2.05, 4.69) is 15.1 Å². The molecule has 3 aromatic heterocycles. The van der Waals surface area contributed by atoms with Gasteiger partial charge in [0.1, 0.15) is 23.0 Å². The van der Waals surface area contributed by atoms with E-state index in [-0.39, 0.29) is 18.8 Å². The molecule has 3 N–H and O–H groups in total. The Morgan fingerprint density at radius 3 is 3.05 bits per heavy atom. The van der Waals surface area contributed by atoms with Gasteiger partial charge in [-0.25, -0.2) is 14.5 Å². The number of hydrogen-bond donors (Lipinski definition) is 2. The van der Waals surface area contributed by atoms with Gasteiger partial charge in [-0.3, -0.25) is 0 Å². The minimum absolute atomic E-state index is 0.0380. The number of aliphatic hydroxyl groups excluding tert-OH is 1. The number of aliphatic hydroxyl groups is 1. The molecule has 1 fully saturated rings. The molecule has 114 valence electrons. The zero-order chi connectivity index (χ0) is 15.1. The Balaban J connectivity index is 1.88. The Morgan fingerprint density at radius 1 is 1.41 bits per heavy atom. The van der Waals surface area contributed by atoms with Crippen LogP contribution in [0.15, 0.2) is 24.0 Å². The SMILES string of the molecule is Nc1ncnn2c([C@H]3CCC(CO)O3)cc(-c3nccs3)c12. The smallest absolute Gasteiger partial charge is 0.152 e. The first-order valence-corrected chi connectivity index (χ1v) is 7.94. The number of ether oxygens (including phenoxy) is 1. The second kappa shape index (κ2) is 5.31. The Kier molecular flexibility index (Phi) is 3.29. The van der Waals surface area contributed by atoms with E-state index in [0.717, 1.165) is 34.6 Å². The van der Waals surface area contributed by atoms with E-state index in [1.807, 2.05) is 11.4 Å². The molecule has 0 aliphatic carbocycles. The highest BCUT2D eigenvalue weighted by atomic mass is 32.1. The molecule has 8 heteroatoms. The number of nitrogen functional groups attached to an aromatic ring is 1. The van der Waals surface area contributed by atoms with Gasteiger partial charge in [0.15, 0.2) is 5.82 Å². The number of anilines is 1. The molecule has 1 aliphatic rings. The average molecular weight is 317 g/mol. The number of hydrogen-bond acceptors (Lipinski definition) is 7. The Morgan fingerprint density at radius 2 is 2.32 bits per heavy atom. The quantitative estimate of drug-likeness (QED) is 0.762. The average Bonchev–Trinajstić information content (AvgIpc) is 3.26. The molecule has 1 unspecified atom stereocenters. The Hall–Kier alpha value is -2.03. The molecule has 1 aliphatic heterocycles. The molecule has 4 rings (SSSR count).